The third-order valence-corrected chi connectivity index (χ3v) is 5.16. The molecule has 138 valence electrons. The van der Waals surface area contributed by atoms with Gasteiger partial charge in [-0.3, -0.25) is 15.2 Å². The van der Waals surface area contributed by atoms with Crippen molar-refractivity contribution in [3.63, 3.8) is 0 Å². The Kier molecular flexibility index (Phi) is 5.57. The molecule has 0 saturated carbocycles. The van der Waals surface area contributed by atoms with Gasteiger partial charge in [-0.15, -0.1) is 0 Å². The van der Waals surface area contributed by atoms with Crippen molar-refractivity contribution < 1.29 is 13.2 Å². The van der Waals surface area contributed by atoms with Crippen molar-refractivity contribution in [3.8, 4) is 0 Å². The summed E-state index contributed by atoms with van der Waals surface area (Å²) in [4.78, 5) is 12.9. The van der Waals surface area contributed by atoms with E-state index in [1.54, 1.807) is 5.01 Å². The van der Waals surface area contributed by atoms with E-state index in [0.717, 1.165) is 17.5 Å². The quantitative estimate of drug-likeness (QED) is 0.665. The topological polar surface area (TPSA) is 66.5 Å². The van der Waals surface area contributed by atoms with Crippen molar-refractivity contribution >= 4 is 21.4 Å². The highest BCUT2D eigenvalue weighted by atomic mass is 32.2. The molecule has 1 amide bonds. The zero-order chi connectivity index (χ0) is 19.3. The number of nitrogens with one attached hydrogen (secondary N) is 1. The van der Waals surface area contributed by atoms with Gasteiger partial charge in [0, 0.05) is 11.8 Å². The van der Waals surface area contributed by atoms with Crippen LogP contribution < -0.4 is 10.4 Å². The minimum atomic E-state index is -3.29. The number of hydrogen-bond donors (Lipinski definition) is 1. The van der Waals surface area contributed by atoms with Crippen molar-refractivity contribution in [3.05, 3.63) is 96.1 Å². The van der Waals surface area contributed by atoms with E-state index in [9.17, 15) is 13.2 Å². The lowest BCUT2D eigenvalue weighted by molar-refractivity contribution is 0.0948. The Morgan fingerprint density at radius 1 is 0.852 bits per heavy atom. The van der Waals surface area contributed by atoms with Gasteiger partial charge in [0.2, 0.25) is 0 Å². The summed E-state index contributed by atoms with van der Waals surface area (Å²) in [7, 11) is -3.29. The van der Waals surface area contributed by atoms with Crippen molar-refractivity contribution in [1.82, 2.24) is 5.43 Å². The van der Waals surface area contributed by atoms with Gasteiger partial charge in [-0.05, 0) is 42.0 Å². The first-order valence-corrected chi connectivity index (χ1v) is 10.3. The Morgan fingerprint density at radius 3 is 1.96 bits per heavy atom. The van der Waals surface area contributed by atoms with E-state index in [-0.39, 0.29) is 10.8 Å². The van der Waals surface area contributed by atoms with Crippen LogP contribution in [0.5, 0.6) is 0 Å². The maximum atomic E-state index is 12.7. The van der Waals surface area contributed by atoms with Gasteiger partial charge in [-0.25, -0.2) is 8.42 Å². The third kappa shape index (κ3) is 4.95. The van der Waals surface area contributed by atoms with Crippen LogP contribution in [0.25, 0.3) is 0 Å². The van der Waals surface area contributed by atoms with E-state index in [1.807, 2.05) is 60.7 Å². The van der Waals surface area contributed by atoms with Crippen LogP contribution in [0.4, 0.5) is 5.69 Å². The number of benzene rings is 3. The molecule has 0 radical (unpaired) electrons. The van der Waals surface area contributed by atoms with Gasteiger partial charge in [0.1, 0.15) is 0 Å². The molecule has 6 heteroatoms. The molecule has 0 aliphatic rings. The smallest absolute Gasteiger partial charge is 0.269 e. The van der Waals surface area contributed by atoms with Gasteiger partial charge >= 0.3 is 0 Å². The number of carbonyl (C=O) groups excluding carboxylic acids is 1. The average molecular weight is 380 g/mol. The zero-order valence-corrected chi connectivity index (χ0v) is 15.7. The van der Waals surface area contributed by atoms with E-state index in [0.29, 0.717) is 12.1 Å². The molecule has 0 unspecified atom stereocenters. The van der Waals surface area contributed by atoms with Crippen molar-refractivity contribution in [2.24, 2.45) is 0 Å². The molecule has 0 atom stereocenters. The molecule has 0 spiro atoms. The molecule has 0 aliphatic carbocycles. The van der Waals surface area contributed by atoms with E-state index >= 15 is 0 Å². The monoisotopic (exact) mass is 380 g/mol. The van der Waals surface area contributed by atoms with E-state index in [4.69, 9.17) is 0 Å². The molecule has 0 aliphatic heterocycles. The van der Waals surface area contributed by atoms with Gasteiger partial charge in [-0.1, -0.05) is 48.5 Å². The SMILES string of the molecule is CS(=O)(=O)c1ccc(C(=O)NN(Cc2ccccc2)c2ccccc2)cc1. The van der Waals surface area contributed by atoms with Crippen LogP contribution in [-0.4, -0.2) is 20.6 Å². The van der Waals surface area contributed by atoms with Gasteiger partial charge in [0.25, 0.3) is 5.91 Å². The molecule has 3 aromatic rings. The summed E-state index contributed by atoms with van der Waals surface area (Å²) in [6.07, 6.45) is 1.14. The van der Waals surface area contributed by atoms with Crippen molar-refractivity contribution in [1.29, 1.82) is 0 Å². The lowest BCUT2D eigenvalue weighted by Gasteiger charge is -2.25. The molecule has 0 saturated heterocycles. The molecular formula is C21H20N2O3S. The molecule has 5 nitrogen and oxygen atoms in total. The van der Waals surface area contributed by atoms with Gasteiger partial charge < -0.3 is 0 Å². The number of rotatable bonds is 6. The first-order chi connectivity index (χ1) is 12.9. The second-order valence-electron chi connectivity index (χ2n) is 6.14. The average Bonchev–Trinajstić information content (AvgIpc) is 2.68. The predicted octanol–water partition coefficient (Wildman–Crippen LogP) is 3.44. The molecule has 0 heterocycles. The van der Waals surface area contributed by atoms with Crippen molar-refractivity contribution in [2.75, 3.05) is 11.3 Å². The Balaban J connectivity index is 1.82. The molecule has 3 aromatic carbocycles. The molecule has 0 bridgehead atoms. The van der Waals surface area contributed by atoms with Crippen LogP contribution in [0.15, 0.2) is 89.8 Å². The van der Waals surface area contributed by atoms with E-state index < -0.39 is 9.84 Å². The lowest BCUT2D eigenvalue weighted by Crippen LogP contribution is -2.42. The predicted molar refractivity (Wildman–Crippen MR) is 106 cm³/mol. The lowest BCUT2D eigenvalue weighted by atomic mass is 10.2. The number of hydrazine groups is 1. The summed E-state index contributed by atoms with van der Waals surface area (Å²) in [6, 6.07) is 25.3. The Bertz CT molecular complexity index is 1000. The second kappa shape index (κ2) is 8.05. The Morgan fingerprint density at radius 2 is 1.41 bits per heavy atom. The second-order valence-corrected chi connectivity index (χ2v) is 8.16. The Hall–Kier alpha value is -3.12. The van der Waals surface area contributed by atoms with Gasteiger partial charge in [-0.2, -0.15) is 0 Å². The summed E-state index contributed by atoms with van der Waals surface area (Å²) < 4.78 is 23.1. The standard InChI is InChI=1S/C21H20N2O3S/c1-27(25,26)20-14-12-18(13-15-20)21(24)22-23(19-10-6-3-7-11-19)16-17-8-4-2-5-9-17/h2-15H,16H2,1H3,(H,22,24). The minimum absolute atomic E-state index is 0.184. The van der Waals surface area contributed by atoms with Crippen LogP contribution in [-0.2, 0) is 16.4 Å². The van der Waals surface area contributed by atoms with E-state index in [2.05, 4.69) is 5.43 Å². The largest absolute Gasteiger partial charge is 0.281 e. The number of carbonyl (C=O) groups is 1. The molecule has 1 N–H and O–H groups in total. The molecule has 3 rings (SSSR count). The highest BCUT2D eigenvalue weighted by Gasteiger charge is 2.14. The fourth-order valence-corrected chi connectivity index (χ4v) is 3.24. The molecule has 27 heavy (non-hydrogen) atoms. The van der Waals surface area contributed by atoms with Crippen molar-refractivity contribution in [2.45, 2.75) is 11.4 Å². The summed E-state index contributed by atoms with van der Waals surface area (Å²) in [5, 5.41) is 1.77. The fraction of sp³-hybridized carbons (Fsp3) is 0.0952. The maximum Gasteiger partial charge on any atom is 0.269 e. The van der Waals surface area contributed by atoms with Crippen LogP contribution in [0.2, 0.25) is 0 Å². The summed E-state index contributed by atoms with van der Waals surface area (Å²) in [5.41, 5.74) is 5.19. The number of nitrogens with zero attached hydrogens (tertiary/aromatic N) is 1. The summed E-state index contributed by atoms with van der Waals surface area (Å²) in [6.45, 7) is 0.498. The summed E-state index contributed by atoms with van der Waals surface area (Å²) >= 11 is 0. The summed E-state index contributed by atoms with van der Waals surface area (Å²) in [5.74, 6) is -0.310. The normalized spacial score (nSPS) is 11.0. The maximum absolute atomic E-state index is 12.7. The van der Waals surface area contributed by atoms with E-state index in [1.165, 1.54) is 24.3 Å². The molecule has 0 aromatic heterocycles. The third-order valence-electron chi connectivity index (χ3n) is 4.03. The number of sulfone groups is 1. The highest BCUT2D eigenvalue weighted by molar-refractivity contribution is 7.90. The van der Waals surface area contributed by atoms with Crippen LogP contribution >= 0.6 is 0 Å². The van der Waals surface area contributed by atoms with Gasteiger partial charge in [0.15, 0.2) is 9.84 Å². The van der Waals surface area contributed by atoms with Crippen LogP contribution in [0, 0.1) is 0 Å². The fourth-order valence-electron chi connectivity index (χ4n) is 2.61. The number of amides is 1. The van der Waals surface area contributed by atoms with Crippen LogP contribution in [0.3, 0.4) is 0 Å². The minimum Gasteiger partial charge on any atom is -0.281 e. The first kappa shape index (κ1) is 18.7. The first-order valence-electron chi connectivity index (χ1n) is 8.41. The number of anilines is 1. The highest BCUT2D eigenvalue weighted by Crippen LogP contribution is 2.16. The Labute approximate surface area is 159 Å². The molecule has 0 fully saturated rings. The zero-order valence-electron chi connectivity index (χ0n) is 14.9. The van der Waals surface area contributed by atoms with Crippen LogP contribution in [0.1, 0.15) is 15.9 Å². The van der Waals surface area contributed by atoms with Gasteiger partial charge in [0.05, 0.1) is 17.1 Å². The number of hydrogen-bond acceptors (Lipinski definition) is 4. The number of para-hydroxylation sites is 1. The molecular weight excluding hydrogens is 360 g/mol.